The van der Waals surface area contributed by atoms with Gasteiger partial charge in [-0.3, -0.25) is 4.90 Å². The predicted molar refractivity (Wildman–Crippen MR) is 88.5 cm³/mol. The Morgan fingerprint density at radius 1 is 1.43 bits per heavy atom. The molecule has 0 fully saturated rings. The maximum absolute atomic E-state index is 6.33. The maximum Gasteiger partial charge on any atom is 0.0615 e. The van der Waals surface area contributed by atoms with Gasteiger partial charge in [0.1, 0.15) is 0 Å². The Balaban J connectivity index is 2.48. The lowest BCUT2D eigenvalue weighted by atomic mass is 9.71. The molecule has 2 rings (SSSR count). The van der Waals surface area contributed by atoms with Gasteiger partial charge in [-0.05, 0) is 43.4 Å². The largest absolute Gasteiger partial charge is 0.383 e. The van der Waals surface area contributed by atoms with E-state index in [9.17, 15) is 0 Å². The van der Waals surface area contributed by atoms with E-state index in [1.165, 1.54) is 17.5 Å². The molecule has 0 aliphatic heterocycles. The number of nitrogens with zero attached hydrogens (tertiary/aromatic N) is 1. The highest BCUT2D eigenvalue weighted by molar-refractivity contribution is 5.39. The molecule has 0 bridgehead atoms. The van der Waals surface area contributed by atoms with Gasteiger partial charge in [0.2, 0.25) is 0 Å². The minimum atomic E-state index is -0.0458. The summed E-state index contributed by atoms with van der Waals surface area (Å²) in [4.78, 5) is 2.54. The summed E-state index contributed by atoms with van der Waals surface area (Å²) in [6.45, 7) is 9.19. The molecule has 3 atom stereocenters. The summed E-state index contributed by atoms with van der Waals surface area (Å²) in [6, 6.07) is 9.22. The number of ether oxygens (including phenoxy) is 1. The molecule has 3 unspecified atom stereocenters. The zero-order chi connectivity index (χ0) is 15.5. The lowest BCUT2D eigenvalue weighted by Crippen LogP contribution is -2.57. The van der Waals surface area contributed by atoms with Gasteiger partial charge in [-0.2, -0.15) is 0 Å². The molecule has 2 N–H and O–H groups in total. The number of nitrogens with two attached hydrogens (primary N) is 1. The number of fused-ring (bicyclic) bond motifs is 1. The Morgan fingerprint density at radius 3 is 2.76 bits per heavy atom. The average molecular weight is 290 g/mol. The second-order valence-electron chi connectivity index (χ2n) is 6.35. The van der Waals surface area contributed by atoms with E-state index in [1.54, 1.807) is 7.11 Å². The van der Waals surface area contributed by atoms with Crippen molar-refractivity contribution in [2.45, 2.75) is 51.1 Å². The Bertz CT molecular complexity index is 462. The summed E-state index contributed by atoms with van der Waals surface area (Å²) in [6.07, 6.45) is 2.33. The molecule has 0 heterocycles. The van der Waals surface area contributed by atoms with Crippen molar-refractivity contribution in [1.82, 2.24) is 4.90 Å². The summed E-state index contributed by atoms with van der Waals surface area (Å²) in [5.41, 5.74) is 9.18. The number of rotatable bonds is 6. The van der Waals surface area contributed by atoms with Crippen molar-refractivity contribution >= 4 is 0 Å². The van der Waals surface area contributed by atoms with Crippen molar-refractivity contribution in [2.24, 2.45) is 5.73 Å². The quantitative estimate of drug-likeness (QED) is 0.875. The van der Waals surface area contributed by atoms with Crippen LogP contribution in [-0.2, 0) is 10.3 Å². The molecule has 0 saturated heterocycles. The fourth-order valence-corrected chi connectivity index (χ4v) is 4.09. The first kappa shape index (κ1) is 16.5. The van der Waals surface area contributed by atoms with Gasteiger partial charge in [-0.15, -0.1) is 0 Å². The predicted octanol–water partition coefficient (Wildman–Crippen LogP) is 3.09. The number of hydrogen-bond donors (Lipinski definition) is 1. The molecular formula is C18H30N2O. The summed E-state index contributed by atoms with van der Waals surface area (Å²) < 4.78 is 5.39. The van der Waals surface area contributed by atoms with Crippen LogP contribution in [0.5, 0.6) is 0 Å². The van der Waals surface area contributed by atoms with E-state index in [2.05, 4.69) is 49.9 Å². The van der Waals surface area contributed by atoms with Crippen LogP contribution in [0.2, 0.25) is 0 Å². The van der Waals surface area contributed by atoms with Gasteiger partial charge in [0.15, 0.2) is 0 Å². The van der Waals surface area contributed by atoms with Gasteiger partial charge in [-0.1, -0.05) is 38.1 Å². The van der Waals surface area contributed by atoms with Gasteiger partial charge in [-0.25, -0.2) is 0 Å². The molecule has 118 valence electrons. The molecule has 0 radical (unpaired) electrons. The van der Waals surface area contributed by atoms with E-state index in [-0.39, 0.29) is 5.54 Å². The average Bonchev–Trinajstić information content (AvgIpc) is 2.51. The zero-order valence-corrected chi connectivity index (χ0v) is 13.9. The molecule has 1 aromatic carbocycles. The summed E-state index contributed by atoms with van der Waals surface area (Å²) >= 11 is 0. The third-order valence-electron chi connectivity index (χ3n) is 5.15. The van der Waals surface area contributed by atoms with Crippen molar-refractivity contribution in [1.29, 1.82) is 0 Å². The highest BCUT2D eigenvalue weighted by Crippen LogP contribution is 2.44. The molecule has 3 nitrogen and oxygen atoms in total. The number of benzene rings is 1. The topological polar surface area (TPSA) is 38.5 Å². The molecule has 1 aliphatic rings. The van der Waals surface area contributed by atoms with Crippen LogP contribution in [0.4, 0.5) is 0 Å². The Kier molecular flexibility index (Phi) is 5.42. The Hall–Kier alpha value is -0.900. The van der Waals surface area contributed by atoms with Gasteiger partial charge in [0, 0.05) is 19.7 Å². The minimum Gasteiger partial charge on any atom is -0.383 e. The standard InChI is InChI=1S/C18H30N2O/c1-5-20(15(3)12-21-4)18(13-19)11-10-14(2)16-8-6-7-9-17(16)18/h6-9,14-15H,5,10-13,19H2,1-4H3. The first-order valence-corrected chi connectivity index (χ1v) is 8.15. The van der Waals surface area contributed by atoms with E-state index in [0.29, 0.717) is 18.5 Å². The van der Waals surface area contributed by atoms with Crippen molar-refractivity contribution in [3.63, 3.8) is 0 Å². The fourth-order valence-electron chi connectivity index (χ4n) is 4.09. The zero-order valence-electron chi connectivity index (χ0n) is 13.9. The fraction of sp³-hybridized carbons (Fsp3) is 0.667. The smallest absolute Gasteiger partial charge is 0.0615 e. The van der Waals surface area contributed by atoms with Crippen LogP contribution >= 0.6 is 0 Å². The van der Waals surface area contributed by atoms with Crippen LogP contribution in [0, 0.1) is 0 Å². The maximum atomic E-state index is 6.33. The number of methoxy groups -OCH3 is 1. The second-order valence-corrected chi connectivity index (χ2v) is 6.35. The van der Waals surface area contributed by atoms with Gasteiger partial charge >= 0.3 is 0 Å². The molecule has 0 spiro atoms. The summed E-state index contributed by atoms with van der Waals surface area (Å²) in [5, 5.41) is 0. The normalized spacial score (nSPS) is 26.7. The minimum absolute atomic E-state index is 0.0458. The van der Waals surface area contributed by atoms with Crippen LogP contribution in [0.15, 0.2) is 24.3 Å². The van der Waals surface area contributed by atoms with Crippen molar-refractivity contribution in [2.75, 3.05) is 26.8 Å². The van der Waals surface area contributed by atoms with Gasteiger partial charge in [0.05, 0.1) is 12.1 Å². The van der Waals surface area contributed by atoms with E-state index < -0.39 is 0 Å². The van der Waals surface area contributed by atoms with Crippen molar-refractivity contribution < 1.29 is 4.74 Å². The lowest BCUT2D eigenvalue weighted by Gasteiger charge is -2.50. The van der Waals surface area contributed by atoms with Crippen molar-refractivity contribution in [3.05, 3.63) is 35.4 Å². The van der Waals surface area contributed by atoms with E-state index in [0.717, 1.165) is 19.6 Å². The lowest BCUT2D eigenvalue weighted by molar-refractivity contribution is 0.00566. The first-order valence-electron chi connectivity index (χ1n) is 8.15. The summed E-state index contributed by atoms with van der Waals surface area (Å²) in [5.74, 6) is 0.623. The highest BCUT2D eigenvalue weighted by atomic mass is 16.5. The Morgan fingerprint density at radius 2 is 2.14 bits per heavy atom. The van der Waals surface area contributed by atoms with Crippen LogP contribution in [0.3, 0.4) is 0 Å². The monoisotopic (exact) mass is 290 g/mol. The number of likely N-dealkylation sites (N-methyl/N-ethyl adjacent to an activating group) is 1. The van der Waals surface area contributed by atoms with Crippen molar-refractivity contribution in [3.8, 4) is 0 Å². The second kappa shape index (κ2) is 6.91. The highest BCUT2D eigenvalue weighted by Gasteiger charge is 2.43. The molecule has 21 heavy (non-hydrogen) atoms. The van der Waals surface area contributed by atoms with Crippen LogP contribution in [0.25, 0.3) is 0 Å². The molecular weight excluding hydrogens is 260 g/mol. The van der Waals surface area contributed by atoms with Gasteiger partial charge in [0.25, 0.3) is 0 Å². The molecule has 1 aromatic rings. The van der Waals surface area contributed by atoms with Gasteiger partial charge < -0.3 is 10.5 Å². The van der Waals surface area contributed by atoms with E-state index in [1.807, 2.05) is 0 Å². The number of hydrogen-bond acceptors (Lipinski definition) is 3. The molecule has 0 aromatic heterocycles. The molecule has 1 aliphatic carbocycles. The Labute approximate surface area is 129 Å². The molecule has 0 amide bonds. The molecule has 3 heteroatoms. The van der Waals surface area contributed by atoms with E-state index >= 15 is 0 Å². The van der Waals surface area contributed by atoms with Crippen LogP contribution in [0.1, 0.15) is 50.7 Å². The molecule has 0 saturated carbocycles. The van der Waals surface area contributed by atoms with Crippen LogP contribution < -0.4 is 5.73 Å². The van der Waals surface area contributed by atoms with E-state index in [4.69, 9.17) is 10.5 Å². The summed E-state index contributed by atoms with van der Waals surface area (Å²) in [7, 11) is 1.77. The van der Waals surface area contributed by atoms with Crippen LogP contribution in [-0.4, -0.2) is 37.7 Å². The third-order valence-corrected chi connectivity index (χ3v) is 5.15. The SMILES string of the molecule is CCN(C(C)COC)C1(CN)CCC(C)c2ccccc21. The first-order chi connectivity index (χ1) is 10.1. The third kappa shape index (κ3) is 2.87.